The van der Waals surface area contributed by atoms with Crippen LogP contribution in [0.15, 0.2) is 0 Å². The molecule has 0 amide bonds. The van der Waals surface area contributed by atoms with E-state index >= 15 is 0 Å². The molecule has 0 rings (SSSR count). The SMILES string of the molecule is C#CC#CC#CC#CC#CC(=O)OC[C@@H](COP(=O)([O-])[O-])OC(=O)CCCCCCCCCCCCCCC.S.[HH].[HH].[HH].[HH].[HH].[HH].[HH].[HH].[HH].[Na+].[Na+]. The molecule has 0 bridgehead atoms. The molecule has 0 unspecified atom stereocenters. The van der Waals surface area contributed by atoms with Gasteiger partial charge in [-0.05, 0) is 53.8 Å². The van der Waals surface area contributed by atoms with Gasteiger partial charge in [-0.1, -0.05) is 84.0 Å². The monoisotopic (exact) mass is 654 g/mol. The molecule has 1 atom stereocenters. The molecule has 0 aliphatic carbocycles. The molecule has 0 spiro atoms. The molecule has 42 heavy (non-hydrogen) atoms. The van der Waals surface area contributed by atoms with Crippen LogP contribution in [0.2, 0.25) is 0 Å². The van der Waals surface area contributed by atoms with Crippen molar-refractivity contribution >= 4 is 33.3 Å². The fourth-order valence-corrected chi connectivity index (χ4v) is 3.65. The second-order valence-corrected chi connectivity index (χ2v) is 9.74. The molecule has 12 heteroatoms. The molecule has 0 N–H and O–H groups in total. The van der Waals surface area contributed by atoms with Crippen LogP contribution in [0.4, 0.5) is 0 Å². The Morgan fingerprint density at radius 2 is 1.21 bits per heavy atom. The van der Waals surface area contributed by atoms with Gasteiger partial charge in [0.1, 0.15) is 6.61 Å². The van der Waals surface area contributed by atoms with Gasteiger partial charge in [-0.15, -0.1) is 6.42 Å². The minimum Gasteiger partial charge on any atom is -0.790 e. The first-order valence-corrected chi connectivity index (χ1v) is 14.7. The van der Waals surface area contributed by atoms with E-state index in [1.54, 1.807) is 0 Å². The molecule has 8 nitrogen and oxygen atoms in total. The number of carbonyl (C=O) groups is 2. The number of carbonyl (C=O) groups excluding carboxylic acids is 2. The smallest absolute Gasteiger partial charge is 0.790 e. The number of phosphoric acid groups is 1. The molecular weight excluding hydrogens is 597 g/mol. The van der Waals surface area contributed by atoms with E-state index < -0.39 is 39.1 Å². The molecular formula is C30H57Na2O8PS. The summed E-state index contributed by atoms with van der Waals surface area (Å²) in [6.45, 7) is 0.896. The summed E-state index contributed by atoms with van der Waals surface area (Å²) in [4.78, 5) is 45.4. The average molecular weight is 655 g/mol. The van der Waals surface area contributed by atoms with E-state index in [9.17, 15) is 23.9 Å². The Hall–Kier alpha value is -0.800. The first kappa shape index (κ1) is 48.1. The second-order valence-electron chi connectivity index (χ2n) is 8.59. The molecule has 0 fully saturated rings. The van der Waals surface area contributed by atoms with Crippen molar-refractivity contribution in [1.82, 2.24) is 0 Å². The van der Waals surface area contributed by atoms with E-state index in [1.807, 2.05) is 0 Å². The molecule has 0 aliphatic heterocycles. The Morgan fingerprint density at radius 3 is 1.69 bits per heavy atom. The molecule has 0 radical (unpaired) electrons. The summed E-state index contributed by atoms with van der Waals surface area (Å²) >= 11 is 0. The third-order valence-electron chi connectivity index (χ3n) is 5.21. The number of phosphoric ester groups is 1. The summed E-state index contributed by atoms with van der Waals surface area (Å²) in [5.41, 5.74) is 0. The van der Waals surface area contributed by atoms with Crippen LogP contribution >= 0.6 is 21.3 Å². The molecule has 238 valence electrons. The molecule has 0 saturated heterocycles. The van der Waals surface area contributed by atoms with Crippen LogP contribution in [0.25, 0.3) is 0 Å². The van der Waals surface area contributed by atoms with Crippen LogP contribution in [0.3, 0.4) is 0 Å². The molecule has 0 aromatic carbocycles. The zero-order valence-corrected chi connectivity index (χ0v) is 31.1. The van der Waals surface area contributed by atoms with Gasteiger partial charge in [0.15, 0.2) is 6.10 Å². The fraction of sp³-hybridized carbons (Fsp3) is 0.600. The van der Waals surface area contributed by atoms with Gasteiger partial charge in [0.2, 0.25) is 0 Å². The Bertz CT molecular complexity index is 1110. The predicted molar refractivity (Wildman–Crippen MR) is 174 cm³/mol. The van der Waals surface area contributed by atoms with Crippen LogP contribution in [0.5, 0.6) is 0 Å². The van der Waals surface area contributed by atoms with Gasteiger partial charge < -0.3 is 28.3 Å². The van der Waals surface area contributed by atoms with Crippen molar-refractivity contribution < 1.29 is 110 Å². The zero-order valence-electron chi connectivity index (χ0n) is 25.2. The largest absolute Gasteiger partial charge is 1.00 e. The van der Waals surface area contributed by atoms with Crippen LogP contribution in [0, 0.1) is 59.7 Å². The van der Waals surface area contributed by atoms with Crippen molar-refractivity contribution in [1.29, 1.82) is 0 Å². The van der Waals surface area contributed by atoms with Crippen molar-refractivity contribution in [3.05, 3.63) is 0 Å². The van der Waals surface area contributed by atoms with Gasteiger partial charge in [-0.3, -0.25) is 4.79 Å². The Labute approximate surface area is 317 Å². The quantitative estimate of drug-likeness (QED) is 0.0440. The maximum Gasteiger partial charge on any atom is 1.00 e. The van der Waals surface area contributed by atoms with E-state index in [-0.39, 0.29) is 91.9 Å². The predicted octanol–water partition coefficient (Wildman–Crippen LogP) is -0.250. The minimum absolute atomic E-state index is 0. The van der Waals surface area contributed by atoms with E-state index in [0.717, 1.165) is 19.3 Å². The number of esters is 2. The van der Waals surface area contributed by atoms with Crippen molar-refractivity contribution in [2.45, 2.75) is 103 Å². The third-order valence-corrected chi connectivity index (χ3v) is 5.68. The molecule has 0 aliphatic rings. The van der Waals surface area contributed by atoms with Gasteiger partial charge in [0.25, 0.3) is 0 Å². The third kappa shape index (κ3) is 37.2. The van der Waals surface area contributed by atoms with Gasteiger partial charge >= 0.3 is 71.1 Å². The number of unbranched alkanes of at least 4 members (excludes halogenated alkanes) is 12. The number of rotatable bonds is 20. The van der Waals surface area contributed by atoms with E-state index in [0.29, 0.717) is 6.42 Å². The first-order chi connectivity index (χ1) is 18.8. The molecule has 0 aromatic rings. The van der Waals surface area contributed by atoms with Crippen LogP contribution in [0.1, 0.15) is 110 Å². The zero-order chi connectivity index (χ0) is 29.0. The summed E-state index contributed by atoms with van der Waals surface area (Å²) in [6.07, 6.45) is 18.9. The van der Waals surface area contributed by atoms with Crippen molar-refractivity contribution in [3.63, 3.8) is 0 Å². The maximum atomic E-state index is 12.1. The average Bonchev–Trinajstić information content (AvgIpc) is 2.89. The minimum atomic E-state index is -5.31. The summed E-state index contributed by atoms with van der Waals surface area (Å²) < 4.78 is 24.9. The van der Waals surface area contributed by atoms with E-state index in [2.05, 4.69) is 64.7 Å². The molecule has 0 aromatic heterocycles. The normalized spacial score (nSPS) is 9.76. The summed E-state index contributed by atoms with van der Waals surface area (Å²) in [5.74, 6) is 18.6. The molecule has 0 heterocycles. The Kier molecular flexibility index (Phi) is 39.7. The van der Waals surface area contributed by atoms with Crippen molar-refractivity contribution in [2.24, 2.45) is 0 Å². The first-order valence-electron chi connectivity index (χ1n) is 13.3. The molecule has 0 saturated carbocycles. The van der Waals surface area contributed by atoms with Crippen LogP contribution in [-0.2, 0) is 28.2 Å². The van der Waals surface area contributed by atoms with Gasteiger partial charge in [0.05, 0.1) is 14.4 Å². The van der Waals surface area contributed by atoms with Crippen molar-refractivity contribution in [2.75, 3.05) is 13.2 Å². The Morgan fingerprint density at radius 1 is 0.762 bits per heavy atom. The topological polar surface area (TPSA) is 125 Å². The number of hydrogen-bond acceptors (Lipinski definition) is 8. The summed E-state index contributed by atoms with van der Waals surface area (Å²) in [7, 11) is -5.31. The van der Waals surface area contributed by atoms with E-state index in [4.69, 9.17) is 15.9 Å². The van der Waals surface area contributed by atoms with Gasteiger partial charge in [-0.2, -0.15) is 13.5 Å². The number of terminal acetylenes is 1. The fourth-order valence-electron chi connectivity index (χ4n) is 3.30. The Balaban J connectivity index is -0.000000109. The summed E-state index contributed by atoms with van der Waals surface area (Å²) in [6, 6.07) is 0. The van der Waals surface area contributed by atoms with Crippen LogP contribution < -0.4 is 68.9 Å². The summed E-state index contributed by atoms with van der Waals surface area (Å²) in [5, 5.41) is 0. The van der Waals surface area contributed by atoms with E-state index in [1.165, 1.54) is 57.8 Å². The standard InChI is InChI=1S/C30H39O8P.2Na.H2S.9H2/c1-3-5-7-9-11-13-14-15-16-17-19-21-23-25-30(32)38-28(27-37-39(33,34)35)26-36-29(31)24-22-20-18-12-10-8-6-4-2;;;;;;;;;;;;/h2,28H,3,5,7,9,11,13-17,19,21,23,25-27H2,1H3,(H2,33,34,35);;;1H2;9*1H/q;2*+1;;;;;;;;;;/p-2/t28-;;;;;;;;;;;;/m0............/s1. The second kappa shape index (κ2) is 34.7. The number of ether oxygens (including phenoxy) is 2. The van der Waals surface area contributed by atoms with Gasteiger partial charge in [-0.25, -0.2) is 4.79 Å². The maximum absolute atomic E-state index is 12.1. The van der Waals surface area contributed by atoms with Crippen molar-refractivity contribution in [3.8, 4) is 59.7 Å². The number of hydrogen-bond donors (Lipinski definition) is 0. The van der Waals surface area contributed by atoms with Crippen LogP contribution in [-0.4, -0.2) is 31.3 Å². The van der Waals surface area contributed by atoms with Gasteiger partial charge in [0, 0.05) is 25.2 Å².